The zero-order valence-corrected chi connectivity index (χ0v) is 16.8. The number of nitrogens with zero attached hydrogens (tertiary/aromatic N) is 3. The van der Waals surface area contributed by atoms with Crippen LogP contribution < -0.4 is 10.6 Å². The smallest absolute Gasteiger partial charge is 0.191 e. The van der Waals surface area contributed by atoms with E-state index in [2.05, 4.69) is 54.2 Å². The monoisotopic (exact) mass is 351 g/mol. The molecule has 6 nitrogen and oxygen atoms in total. The highest BCUT2D eigenvalue weighted by atomic mass is 16.5. The molecule has 0 aliphatic rings. The second-order valence-corrected chi connectivity index (χ2v) is 6.68. The van der Waals surface area contributed by atoms with Crippen molar-refractivity contribution in [2.75, 3.05) is 32.8 Å². The minimum absolute atomic E-state index is 0.436. The van der Waals surface area contributed by atoms with Crippen molar-refractivity contribution in [1.82, 2.24) is 20.4 Å². The summed E-state index contributed by atoms with van der Waals surface area (Å²) in [4.78, 5) is 4.71. The topological polar surface area (TPSA) is 63.5 Å². The van der Waals surface area contributed by atoms with Crippen molar-refractivity contribution in [3.63, 3.8) is 0 Å². The van der Waals surface area contributed by atoms with Gasteiger partial charge in [-0.3, -0.25) is 9.67 Å². The van der Waals surface area contributed by atoms with E-state index in [4.69, 9.17) is 9.73 Å². The zero-order valence-electron chi connectivity index (χ0n) is 16.8. The summed E-state index contributed by atoms with van der Waals surface area (Å²) < 4.78 is 7.66. The molecule has 0 amide bonds. The average Bonchev–Trinajstić information content (AvgIpc) is 2.89. The quantitative estimate of drug-likeness (QED) is 0.345. The van der Waals surface area contributed by atoms with E-state index < -0.39 is 0 Å². The van der Waals surface area contributed by atoms with Gasteiger partial charge in [0.25, 0.3) is 0 Å². The van der Waals surface area contributed by atoms with E-state index in [0.717, 1.165) is 63.9 Å². The highest BCUT2D eigenvalue weighted by Crippen LogP contribution is 2.06. The van der Waals surface area contributed by atoms with Crippen LogP contribution in [0.15, 0.2) is 11.1 Å². The molecular formula is C19H37N5O. The number of nitrogens with one attached hydrogen (secondary N) is 2. The molecule has 1 aromatic rings. The van der Waals surface area contributed by atoms with Gasteiger partial charge >= 0.3 is 0 Å². The van der Waals surface area contributed by atoms with Gasteiger partial charge in [0.05, 0.1) is 5.69 Å². The molecule has 25 heavy (non-hydrogen) atoms. The molecule has 0 fully saturated rings. The summed E-state index contributed by atoms with van der Waals surface area (Å²) >= 11 is 0. The predicted octanol–water partition coefficient (Wildman–Crippen LogP) is 2.90. The molecule has 0 aliphatic carbocycles. The van der Waals surface area contributed by atoms with Crippen molar-refractivity contribution in [3.05, 3.63) is 17.5 Å². The largest absolute Gasteiger partial charge is 0.381 e. The molecule has 1 heterocycles. The van der Waals surface area contributed by atoms with Gasteiger partial charge in [0.2, 0.25) is 0 Å². The van der Waals surface area contributed by atoms with E-state index in [9.17, 15) is 0 Å². The Hall–Kier alpha value is -1.56. The summed E-state index contributed by atoms with van der Waals surface area (Å²) in [5, 5.41) is 11.2. The van der Waals surface area contributed by atoms with Gasteiger partial charge in [-0.25, -0.2) is 0 Å². The molecule has 6 heteroatoms. The van der Waals surface area contributed by atoms with Crippen molar-refractivity contribution in [1.29, 1.82) is 0 Å². The molecule has 0 saturated carbocycles. The van der Waals surface area contributed by atoms with Crippen LogP contribution in [-0.4, -0.2) is 48.6 Å². The lowest BCUT2D eigenvalue weighted by Gasteiger charge is -2.14. The molecule has 0 spiro atoms. The van der Waals surface area contributed by atoms with Gasteiger partial charge in [0.1, 0.15) is 0 Å². The van der Waals surface area contributed by atoms with E-state index in [0.29, 0.717) is 5.92 Å². The molecule has 0 aromatic carbocycles. The Morgan fingerprint density at radius 2 is 2.00 bits per heavy atom. The number of hydrogen-bond donors (Lipinski definition) is 2. The van der Waals surface area contributed by atoms with E-state index in [1.807, 2.05) is 6.92 Å². The highest BCUT2D eigenvalue weighted by Gasteiger charge is 2.07. The third kappa shape index (κ3) is 9.48. The summed E-state index contributed by atoms with van der Waals surface area (Å²) in [5.74, 6) is 1.32. The molecule has 1 unspecified atom stereocenters. The van der Waals surface area contributed by atoms with E-state index in [1.54, 1.807) is 0 Å². The number of aliphatic imine (C=N–C) groups is 1. The maximum absolute atomic E-state index is 5.58. The molecule has 0 radical (unpaired) electrons. The third-order valence-corrected chi connectivity index (χ3v) is 3.89. The van der Waals surface area contributed by atoms with Crippen LogP contribution in [0.4, 0.5) is 0 Å². The molecule has 0 aliphatic heterocycles. The van der Waals surface area contributed by atoms with Gasteiger partial charge < -0.3 is 15.4 Å². The number of guanidine groups is 1. The van der Waals surface area contributed by atoms with E-state index in [-0.39, 0.29) is 0 Å². The van der Waals surface area contributed by atoms with E-state index >= 15 is 0 Å². The standard InChI is InChI=1S/C19H37N5O/c1-6-8-11-25-12-9-10-21-19(20-7-2)22-14-16(3)15-24-18(5)13-17(4)23-24/h13,16H,6-12,14-15H2,1-5H3,(H2,20,21,22). The van der Waals surface area contributed by atoms with Gasteiger partial charge in [-0.15, -0.1) is 0 Å². The van der Waals surface area contributed by atoms with Gasteiger partial charge in [0.15, 0.2) is 5.96 Å². The van der Waals surface area contributed by atoms with Gasteiger partial charge in [-0.05, 0) is 45.6 Å². The Morgan fingerprint density at radius 3 is 2.64 bits per heavy atom. The van der Waals surface area contributed by atoms with Crippen molar-refractivity contribution >= 4 is 5.96 Å². The Morgan fingerprint density at radius 1 is 1.24 bits per heavy atom. The summed E-state index contributed by atoms with van der Waals surface area (Å²) in [6.07, 6.45) is 3.32. The summed E-state index contributed by atoms with van der Waals surface area (Å²) in [6.45, 7) is 15.7. The van der Waals surface area contributed by atoms with Crippen molar-refractivity contribution in [2.24, 2.45) is 10.9 Å². The summed E-state index contributed by atoms with van der Waals surface area (Å²) in [7, 11) is 0. The molecule has 144 valence electrons. The lowest BCUT2D eigenvalue weighted by molar-refractivity contribution is 0.129. The number of ether oxygens (including phenoxy) is 1. The van der Waals surface area contributed by atoms with Crippen molar-refractivity contribution in [3.8, 4) is 0 Å². The van der Waals surface area contributed by atoms with Crippen LogP contribution in [0.2, 0.25) is 0 Å². The minimum atomic E-state index is 0.436. The van der Waals surface area contributed by atoms with E-state index in [1.165, 1.54) is 12.1 Å². The fourth-order valence-corrected chi connectivity index (χ4v) is 2.53. The number of rotatable bonds is 12. The van der Waals surface area contributed by atoms with Crippen molar-refractivity contribution in [2.45, 2.75) is 60.4 Å². The Labute approximate surface area is 153 Å². The molecule has 1 atom stereocenters. The maximum atomic E-state index is 5.58. The number of aromatic nitrogens is 2. The van der Waals surface area contributed by atoms with Crippen LogP contribution in [0.1, 0.15) is 51.4 Å². The normalized spacial score (nSPS) is 13.1. The molecule has 2 N–H and O–H groups in total. The number of aryl methyl sites for hydroxylation is 2. The first kappa shape index (κ1) is 21.5. The molecule has 1 rings (SSSR count). The van der Waals surface area contributed by atoms with Crippen LogP contribution in [0.5, 0.6) is 0 Å². The Kier molecular flexibility index (Phi) is 11.0. The van der Waals surface area contributed by atoms with Gasteiger partial charge in [0, 0.05) is 45.1 Å². The first-order valence-electron chi connectivity index (χ1n) is 9.67. The maximum Gasteiger partial charge on any atom is 0.191 e. The highest BCUT2D eigenvalue weighted by molar-refractivity contribution is 5.79. The summed E-state index contributed by atoms with van der Waals surface area (Å²) in [6, 6.07) is 2.12. The second kappa shape index (κ2) is 12.8. The van der Waals surface area contributed by atoms with Gasteiger partial charge in [-0.1, -0.05) is 20.3 Å². The summed E-state index contributed by atoms with van der Waals surface area (Å²) in [5.41, 5.74) is 2.28. The zero-order chi connectivity index (χ0) is 18.5. The van der Waals surface area contributed by atoms with Crippen LogP contribution in [0.25, 0.3) is 0 Å². The van der Waals surface area contributed by atoms with Crippen LogP contribution in [0, 0.1) is 19.8 Å². The Bertz CT molecular complexity index is 498. The molecule has 0 saturated heterocycles. The fourth-order valence-electron chi connectivity index (χ4n) is 2.53. The third-order valence-electron chi connectivity index (χ3n) is 3.89. The van der Waals surface area contributed by atoms with Crippen LogP contribution in [0.3, 0.4) is 0 Å². The Balaban J connectivity index is 2.32. The number of hydrogen-bond acceptors (Lipinski definition) is 3. The number of unbranched alkanes of at least 4 members (excludes halogenated alkanes) is 1. The lowest BCUT2D eigenvalue weighted by atomic mass is 10.2. The SMILES string of the molecule is CCCCOCCCNC(=NCC(C)Cn1nc(C)cc1C)NCC. The van der Waals surface area contributed by atoms with Gasteiger partial charge in [-0.2, -0.15) is 5.10 Å². The predicted molar refractivity (Wildman–Crippen MR) is 105 cm³/mol. The first-order valence-corrected chi connectivity index (χ1v) is 9.67. The minimum Gasteiger partial charge on any atom is -0.381 e. The molecule has 1 aromatic heterocycles. The van der Waals surface area contributed by atoms with Crippen LogP contribution in [-0.2, 0) is 11.3 Å². The molecule has 0 bridgehead atoms. The first-order chi connectivity index (χ1) is 12.1. The van der Waals surface area contributed by atoms with Crippen LogP contribution >= 0.6 is 0 Å². The fraction of sp³-hybridized carbons (Fsp3) is 0.789. The lowest BCUT2D eigenvalue weighted by Crippen LogP contribution is -2.38. The average molecular weight is 352 g/mol. The second-order valence-electron chi connectivity index (χ2n) is 6.68. The van der Waals surface area contributed by atoms with Crippen molar-refractivity contribution < 1.29 is 4.74 Å². The molecular weight excluding hydrogens is 314 g/mol.